The highest BCUT2D eigenvalue weighted by atomic mass is 14.2. The van der Waals surface area contributed by atoms with Gasteiger partial charge in [0.25, 0.3) is 0 Å². The molecule has 0 unspecified atom stereocenters. The summed E-state index contributed by atoms with van der Waals surface area (Å²) in [7, 11) is 0. The van der Waals surface area contributed by atoms with E-state index in [-0.39, 0.29) is 0 Å². The van der Waals surface area contributed by atoms with Crippen LogP contribution in [0.2, 0.25) is 0 Å². The van der Waals surface area contributed by atoms with Gasteiger partial charge in [-0.25, -0.2) is 0 Å². The number of hydrogen-bond donors (Lipinski definition) is 0. The highest BCUT2D eigenvalue weighted by Gasteiger charge is 2.17. The first-order chi connectivity index (χ1) is 14.9. The van der Waals surface area contributed by atoms with Gasteiger partial charge in [-0.3, -0.25) is 0 Å². The van der Waals surface area contributed by atoms with E-state index in [9.17, 15) is 0 Å². The van der Waals surface area contributed by atoms with E-state index in [2.05, 4.69) is 97.1 Å². The van der Waals surface area contributed by atoms with Gasteiger partial charge in [0.05, 0.1) is 0 Å². The zero-order valence-corrected chi connectivity index (χ0v) is 16.2. The van der Waals surface area contributed by atoms with E-state index >= 15 is 0 Å². The van der Waals surface area contributed by atoms with Gasteiger partial charge in [0.1, 0.15) is 0 Å². The fourth-order valence-electron chi connectivity index (χ4n) is 5.85. The SMILES string of the molecule is c1ccc2c(c1)ccc1cc3cc4ccc5cccc6cc7ccc(c12)c3c7c4c56. The van der Waals surface area contributed by atoms with E-state index in [0.29, 0.717) is 0 Å². The Labute approximate surface area is 172 Å². The van der Waals surface area contributed by atoms with Crippen LogP contribution in [0, 0.1) is 0 Å². The molecule has 0 nitrogen and oxygen atoms in total. The molecule has 0 heterocycles. The molecule has 0 N–H and O–H groups in total. The molecule has 0 aliphatic rings. The second kappa shape index (κ2) is 4.98. The van der Waals surface area contributed by atoms with Gasteiger partial charge in [-0.05, 0) is 93.6 Å². The van der Waals surface area contributed by atoms with Crippen molar-refractivity contribution in [3.63, 3.8) is 0 Å². The van der Waals surface area contributed by atoms with Crippen LogP contribution in [0.3, 0.4) is 0 Å². The Kier molecular flexibility index (Phi) is 2.49. The first kappa shape index (κ1) is 15.0. The summed E-state index contributed by atoms with van der Waals surface area (Å²) in [6.45, 7) is 0. The van der Waals surface area contributed by atoms with Crippen molar-refractivity contribution < 1.29 is 0 Å². The van der Waals surface area contributed by atoms with Crippen LogP contribution in [0.1, 0.15) is 0 Å². The lowest BCUT2D eigenvalue weighted by atomic mass is 9.85. The first-order valence-corrected chi connectivity index (χ1v) is 10.5. The Morgan fingerprint density at radius 1 is 0.267 bits per heavy atom. The molecule has 0 bridgehead atoms. The number of benzene rings is 8. The van der Waals surface area contributed by atoms with Crippen LogP contribution in [-0.4, -0.2) is 0 Å². The van der Waals surface area contributed by atoms with Crippen molar-refractivity contribution in [2.75, 3.05) is 0 Å². The topological polar surface area (TPSA) is 0 Å². The number of hydrogen-bond acceptors (Lipinski definition) is 0. The molecule has 0 atom stereocenters. The highest BCUT2D eigenvalue weighted by molar-refractivity contribution is 6.39. The molecule has 0 aromatic heterocycles. The van der Waals surface area contributed by atoms with Crippen molar-refractivity contribution in [1.29, 1.82) is 0 Å². The lowest BCUT2D eigenvalue weighted by Gasteiger charge is -2.18. The molecule has 8 aromatic rings. The van der Waals surface area contributed by atoms with Crippen molar-refractivity contribution in [2.24, 2.45) is 0 Å². The molecule has 0 saturated heterocycles. The summed E-state index contributed by atoms with van der Waals surface area (Å²) in [5.41, 5.74) is 0. The molecule has 136 valence electrons. The molecular formula is C30H16. The monoisotopic (exact) mass is 376 g/mol. The maximum atomic E-state index is 2.39. The Hall–Kier alpha value is -3.90. The molecular weight excluding hydrogens is 360 g/mol. The molecule has 0 heteroatoms. The highest BCUT2D eigenvalue weighted by Crippen LogP contribution is 2.45. The fourth-order valence-corrected chi connectivity index (χ4v) is 5.85. The van der Waals surface area contributed by atoms with E-state index in [1.54, 1.807) is 0 Å². The lowest BCUT2D eigenvalue weighted by molar-refractivity contribution is 1.79. The molecule has 8 aromatic carbocycles. The molecule has 0 saturated carbocycles. The van der Waals surface area contributed by atoms with Crippen LogP contribution in [-0.2, 0) is 0 Å². The molecule has 8 rings (SSSR count). The van der Waals surface area contributed by atoms with Crippen molar-refractivity contribution in [3.05, 3.63) is 97.1 Å². The van der Waals surface area contributed by atoms with Gasteiger partial charge >= 0.3 is 0 Å². The number of fused-ring (bicyclic) bond motifs is 4. The van der Waals surface area contributed by atoms with Crippen LogP contribution in [0.5, 0.6) is 0 Å². The summed E-state index contributed by atoms with van der Waals surface area (Å²) in [6.07, 6.45) is 0. The van der Waals surface area contributed by atoms with Gasteiger partial charge in [-0.1, -0.05) is 78.9 Å². The summed E-state index contributed by atoms with van der Waals surface area (Å²) < 4.78 is 0. The van der Waals surface area contributed by atoms with Crippen molar-refractivity contribution >= 4 is 75.4 Å². The van der Waals surface area contributed by atoms with E-state index in [0.717, 1.165) is 0 Å². The molecule has 0 fully saturated rings. The Bertz CT molecular complexity index is 1930. The second-order valence-electron chi connectivity index (χ2n) is 8.57. The van der Waals surface area contributed by atoms with Crippen LogP contribution in [0.15, 0.2) is 97.1 Å². The van der Waals surface area contributed by atoms with Gasteiger partial charge in [0, 0.05) is 0 Å². The van der Waals surface area contributed by atoms with Gasteiger partial charge in [0.2, 0.25) is 0 Å². The third kappa shape index (κ3) is 1.66. The normalized spacial score (nSPS) is 12.7. The minimum atomic E-state index is 1.30. The average Bonchev–Trinajstić information content (AvgIpc) is 2.80. The maximum absolute atomic E-state index is 2.39. The van der Waals surface area contributed by atoms with Crippen LogP contribution in [0.25, 0.3) is 75.4 Å². The van der Waals surface area contributed by atoms with Crippen LogP contribution in [0.4, 0.5) is 0 Å². The van der Waals surface area contributed by atoms with Crippen molar-refractivity contribution in [3.8, 4) is 0 Å². The standard InChI is InChI=1S/C30H16/c1-2-7-24-17(4-1)8-10-20-15-23-16-21-11-9-18-5-3-6-19-14-22-12-13-25(27(20)24)28(23)30(22)29(21)26(18)19/h1-16H. The van der Waals surface area contributed by atoms with Gasteiger partial charge in [-0.2, -0.15) is 0 Å². The minimum Gasteiger partial charge on any atom is -0.0616 e. The average molecular weight is 376 g/mol. The summed E-state index contributed by atoms with van der Waals surface area (Å²) in [5.74, 6) is 0. The molecule has 0 aliphatic carbocycles. The Morgan fingerprint density at radius 3 is 1.73 bits per heavy atom. The maximum Gasteiger partial charge on any atom is -0.00139 e. The second-order valence-corrected chi connectivity index (χ2v) is 8.57. The zero-order valence-electron chi connectivity index (χ0n) is 16.2. The Balaban J connectivity index is 1.77. The van der Waals surface area contributed by atoms with Gasteiger partial charge in [0.15, 0.2) is 0 Å². The zero-order chi connectivity index (χ0) is 19.4. The fraction of sp³-hybridized carbons (Fsp3) is 0. The lowest BCUT2D eigenvalue weighted by Crippen LogP contribution is -1.90. The largest absolute Gasteiger partial charge is 0.0616 e. The van der Waals surface area contributed by atoms with Crippen molar-refractivity contribution in [2.45, 2.75) is 0 Å². The number of rotatable bonds is 0. The van der Waals surface area contributed by atoms with Crippen molar-refractivity contribution in [1.82, 2.24) is 0 Å². The quantitative estimate of drug-likeness (QED) is 0.183. The summed E-state index contributed by atoms with van der Waals surface area (Å²) >= 11 is 0. The molecule has 0 spiro atoms. The van der Waals surface area contributed by atoms with E-state index in [1.807, 2.05) is 0 Å². The van der Waals surface area contributed by atoms with Crippen LogP contribution >= 0.6 is 0 Å². The van der Waals surface area contributed by atoms with Crippen LogP contribution < -0.4 is 0 Å². The molecule has 0 radical (unpaired) electrons. The summed E-state index contributed by atoms with van der Waals surface area (Å²) in [4.78, 5) is 0. The minimum absolute atomic E-state index is 1.30. The smallest absolute Gasteiger partial charge is 0.00139 e. The van der Waals surface area contributed by atoms with E-state index in [4.69, 9.17) is 0 Å². The van der Waals surface area contributed by atoms with Gasteiger partial charge < -0.3 is 0 Å². The first-order valence-electron chi connectivity index (χ1n) is 10.5. The van der Waals surface area contributed by atoms with E-state index < -0.39 is 0 Å². The third-order valence-corrected chi connectivity index (χ3v) is 7.05. The summed E-state index contributed by atoms with van der Waals surface area (Å²) in [5, 5.41) is 19.0. The summed E-state index contributed by atoms with van der Waals surface area (Å²) in [6, 6.07) is 36.3. The van der Waals surface area contributed by atoms with Gasteiger partial charge in [-0.15, -0.1) is 0 Å². The molecule has 0 aliphatic heterocycles. The predicted octanol–water partition coefficient (Wildman–Crippen LogP) is 8.63. The third-order valence-electron chi connectivity index (χ3n) is 7.05. The Morgan fingerprint density at radius 2 is 0.833 bits per heavy atom. The molecule has 30 heavy (non-hydrogen) atoms. The molecule has 0 amide bonds. The predicted molar refractivity (Wildman–Crippen MR) is 131 cm³/mol. The van der Waals surface area contributed by atoms with E-state index in [1.165, 1.54) is 75.4 Å².